The Morgan fingerprint density at radius 2 is 1.85 bits per heavy atom. The normalized spacial score (nSPS) is 14.7. The van der Waals surface area contributed by atoms with Crippen molar-refractivity contribution in [3.05, 3.63) is 54.1 Å². The fourth-order valence-electron chi connectivity index (χ4n) is 3.31. The average Bonchev–Trinajstić information content (AvgIpc) is 2.68. The van der Waals surface area contributed by atoms with Crippen molar-refractivity contribution in [2.75, 3.05) is 50.1 Å². The zero-order valence-corrected chi connectivity index (χ0v) is 15.8. The highest BCUT2D eigenvalue weighted by molar-refractivity contribution is 5.97. The molecule has 142 valence electrons. The number of amides is 1. The smallest absolute Gasteiger partial charge is 0.279 e. The molecule has 6 heteroatoms. The quantitative estimate of drug-likeness (QED) is 0.753. The lowest BCUT2D eigenvalue weighted by molar-refractivity contribution is -0.892. The number of nitrogens with one attached hydrogen (secondary N) is 2. The zero-order valence-electron chi connectivity index (χ0n) is 15.8. The molecule has 1 fully saturated rings. The van der Waals surface area contributed by atoms with E-state index in [0.29, 0.717) is 17.8 Å². The summed E-state index contributed by atoms with van der Waals surface area (Å²) in [5, 5.41) is 2.90. The molecular weight excluding hydrogens is 342 g/mol. The van der Waals surface area contributed by atoms with Gasteiger partial charge in [0.15, 0.2) is 12.3 Å². The fourth-order valence-corrected chi connectivity index (χ4v) is 3.31. The van der Waals surface area contributed by atoms with E-state index in [4.69, 9.17) is 4.74 Å². The van der Waals surface area contributed by atoms with Crippen LogP contribution in [0.15, 0.2) is 48.5 Å². The molecule has 0 spiro atoms. The number of anilines is 2. The minimum atomic E-state index is -0.0273. The molecular formula is C21H26N3O3+. The van der Waals surface area contributed by atoms with Crippen LogP contribution in [0.5, 0.6) is 5.75 Å². The Kier molecular flexibility index (Phi) is 6.08. The van der Waals surface area contributed by atoms with Crippen molar-refractivity contribution in [3.8, 4) is 5.75 Å². The highest BCUT2D eigenvalue weighted by Gasteiger charge is 2.22. The van der Waals surface area contributed by atoms with Gasteiger partial charge in [-0.15, -0.1) is 0 Å². The van der Waals surface area contributed by atoms with Gasteiger partial charge in [0.25, 0.3) is 5.91 Å². The van der Waals surface area contributed by atoms with Crippen molar-refractivity contribution in [1.82, 2.24) is 0 Å². The Hall–Kier alpha value is -2.86. The highest BCUT2D eigenvalue weighted by atomic mass is 16.5. The molecule has 2 aromatic rings. The Morgan fingerprint density at radius 1 is 1.11 bits per heavy atom. The maximum Gasteiger partial charge on any atom is 0.279 e. The lowest BCUT2D eigenvalue weighted by Crippen LogP contribution is -3.15. The molecule has 0 aromatic heterocycles. The largest absolute Gasteiger partial charge is 0.497 e. The molecule has 0 saturated carbocycles. The van der Waals surface area contributed by atoms with Gasteiger partial charge in [-0.2, -0.15) is 0 Å². The third kappa shape index (κ3) is 5.08. The molecule has 3 rings (SSSR count). The van der Waals surface area contributed by atoms with Gasteiger partial charge in [-0.1, -0.05) is 18.2 Å². The summed E-state index contributed by atoms with van der Waals surface area (Å²) in [7, 11) is 1.67. The number of ketones is 1. The minimum absolute atomic E-state index is 0.00890. The van der Waals surface area contributed by atoms with Gasteiger partial charge in [-0.05, 0) is 31.2 Å². The predicted octanol–water partition coefficient (Wildman–Crippen LogP) is 1.24. The van der Waals surface area contributed by atoms with Crippen LogP contribution < -0.4 is 19.9 Å². The summed E-state index contributed by atoms with van der Waals surface area (Å²) in [5.74, 6) is 0.820. The van der Waals surface area contributed by atoms with Crippen molar-refractivity contribution >= 4 is 23.1 Å². The maximum absolute atomic E-state index is 12.3. The minimum Gasteiger partial charge on any atom is -0.497 e. The monoisotopic (exact) mass is 368 g/mol. The van der Waals surface area contributed by atoms with Crippen molar-refractivity contribution in [1.29, 1.82) is 0 Å². The zero-order chi connectivity index (χ0) is 19.2. The molecule has 1 aliphatic rings. The van der Waals surface area contributed by atoms with Gasteiger partial charge in [0.2, 0.25) is 0 Å². The number of piperazine rings is 1. The van der Waals surface area contributed by atoms with E-state index in [1.807, 2.05) is 18.2 Å². The van der Waals surface area contributed by atoms with E-state index in [0.717, 1.165) is 37.6 Å². The molecule has 1 aliphatic heterocycles. The number of nitrogens with zero attached hydrogens (tertiary/aromatic N) is 1. The van der Waals surface area contributed by atoms with Gasteiger partial charge in [0.1, 0.15) is 5.75 Å². The van der Waals surface area contributed by atoms with Crippen molar-refractivity contribution in [2.45, 2.75) is 6.92 Å². The van der Waals surface area contributed by atoms with Crippen LogP contribution >= 0.6 is 0 Å². The van der Waals surface area contributed by atoms with Gasteiger partial charge in [0, 0.05) is 23.0 Å². The van der Waals surface area contributed by atoms with Crippen molar-refractivity contribution in [2.24, 2.45) is 0 Å². The van der Waals surface area contributed by atoms with Crippen molar-refractivity contribution < 1.29 is 19.2 Å². The molecule has 27 heavy (non-hydrogen) atoms. The number of hydrogen-bond donors (Lipinski definition) is 2. The SMILES string of the molecule is COc1cccc(N2CC[NH+](CC(=O)Nc3cccc(C(C)=O)c3)CC2)c1. The number of rotatable bonds is 6. The number of carbonyl (C=O) groups excluding carboxylic acids is 2. The molecule has 2 aromatic carbocycles. The molecule has 0 radical (unpaired) electrons. The first-order valence-corrected chi connectivity index (χ1v) is 9.18. The molecule has 6 nitrogen and oxygen atoms in total. The van der Waals surface area contributed by atoms with Gasteiger partial charge in [-0.3, -0.25) is 9.59 Å². The number of ether oxygens (including phenoxy) is 1. The summed E-state index contributed by atoms with van der Waals surface area (Å²) in [5.41, 5.74) is 2.42. The topological polar surface area (TPSA) is 63.1 Å². The Balaban J connectivity index is 1.50. The first kappa shape index (κ1) is 18.9. The second-order valence-corrected chi connectivity index (χ2v) is 6.80. The van der Waals surface area contributed by atoms with Gasteiger partial charge < -0.3 is 19.9 Å². The Morgan fingerprint density at radius 3 is 2.56 bits per heavy atom. The summed E-state index contributed by atoms with van der Waals surface area (Å²) >= 11 is 0. The Bertz CT molecular complexity index is 814. The second kappa shape index (κ2) is 8.68. The third-order valence-electron chi connectivity index (χ3n) is 4.85. The number of quaternary nitrogens is 1. The maximum atomic E-state index is 12.3. The summed E-state index contributed by atoms with van der Waals surface area (Å²) < 4.78 is 5.29. The molecule has 1 heterocycles. The molecule has 0 unspecified atom stereocenters. The van der Waals surface area contributed by atoms with Gasteiger partial charge in [0.05, 0.1) is 33.3 Å². The van der Waals surface area contributed by atoms with Crippen LogP contribution in [-0.2, 0) is 4.79 Å². The molecule has 1 saturated heterocycles. The predicted molar refractivity (Wildman–Crippen MR) is 106 cm³/mol. The van der Waals surface area contributed by atoms with E-state index in [1.165, 1.54) is 11.8 Å². The highest BCUT2D eigenvalue weighted by Crippen LogP contribution is 2.20. The molecule has 0 aliphatic carbocycles. The van der Waals surface area contributed by atoms with E-state index >= 15 is 0 Å². The second-order valence-electron chi connectivity index (χ2n) is 6.80. The molecule has 2 N–H and O–H groups in total. The number of Topliss-reactive ketones (excluding diaryl/α,β-unsaturated/α-hetero) is 1. The lowest BCUT2D eigenvalue weighted by Gasteiger charge is -2.33. The van der Waals surface area contributed by atoms with E-state index in [9.17, 15) is 9.59 Å². The lowest BCUT2D eigenvalue weighted by atomic mass is 10.1. The van der Waals surface area contributed by atoms with Gasteiger partial charge >= 0.3 is 0 Å². The third-order valence-corrected chi connectivity index (χ3v) is 4.85. The van der Waals surface area contributed by atoms with Crippen LogP contribution in [-0.4, -0.2) is 51.5 Å². The molecule has 0 atom stereocenters. The van der Waals surface area contributed by atoms with E-state index < -0.39 is 0 Å². The van der Waals surface area contributed by atoms with E-state index in [-0.39, 0.29) is 11.7 Å². The summed E-state index contributed by atoms with van der Waals surface area (Å²) in [4.78, 5) is 27.4. The van der Waals surface area contributed by atoms with E-state index in [2.05, 4.69) is 16.3 Å². The summed E-state index contributed by atoms with van der Waals surface area (Å²) in [6, 6.07) is 15.1. The standard InChI is InChI=1S/C21H25N3O3/c1-16(25)17-5-3-6-18(13-17)22-21(26)15-23-9-11-24(12-10-23)19-7-4-8-20(14-19)27-2/h3-8,13-14H,9-12,15H2,1-2H3,(H,22,26)/p+1. The first-order valence-electron chi connectivity index (χ1n) is 9.18. The average molecular weight is 368 g/mol. The van der Waals surface area contributed by atoms with Crippen LogP contribution in [0.3, 0.4) is 0 Å². The van der Waals surface area contributed by atoms with Crippen LogP contribution in [0.1, 0.15) is 17.3 Å². The van der Waals surface area contributed by atoms with Crippen molar-refractivity contribution in [3.63, 3.8) is 0 Å². The van der Waals surface area contributed by atoms with Crippen LogP contribution in [0.25, 0.3) is 0 Å². The Labute approximate surface area is 159 Å². The molecule has 0 bridgehead atoms. The molecule has 1 amide bonds. The number of benzene rings is 2. The van der Waals surface area contributed by atoms with Crippen LogP contribution in [0, 0.1) is 0 Å². The van der Waals surface area contributed by atoms with Crippen LogP contribution in [0.4, 0.5) is 11.4 Å². The fraction of sp³-hybridized carbons (Fsp3) is 0.333. The number of hydrogen-bond acceptors (Lipinski definition) is 4. The summed E-state index contributed by atoms with van der Waals surface area (Å²) in [6.07, 6.45) is 0. The summed E-state index contributed by atoms with van der Waals surface area (Å²) in [6.45, 7) is 5.55. The van der Waals surface area contributed by atoms with E-state index in [1.54, 1.807) is 31.4 Å². The van der Waals surface area contributed by atoms with Gasteiger partial charge in [-0.25, -0.2) is 0 Å². The number of methoxy groups -OCH3 is 1. The number of carbonyl (C=O) groups is 2. The first-order chi connectivity index (χ1) is 13.0. The van der Waals surface area contributed by atoms with Crippen LogP contribution in [0.2, 0.25) is 0 Å².